The van der Waals surface area contributed by atoms with Gasteiger partial charge in [-0.3, -0.25) is 9.59 Å². The molecule has 2 aromatic carbocycles. The van der Waals surface area contributed by atoms with Gasteiger partial charge >= 0.3 is 0 Å². The van der Waals surface area contributed by atoms with E-state index in [9.17, 15) is 14.8 Å². The molecule has 33 heavy (non-hydrogen) atoms. The van der Waals surface area contributed by atoms with Gasteiger partial charge in [0, 0.05) is 48.8 Å². The molecule has 0 radical (unpaired) electrons. The number of hydrogen-bond acceptors (Lipinski definition) is 5. The van der Waals surface area contributed by atoms with E-state index in [-0.39, 0.29) is 30.0 Å². The molecule has 0 aliphatic heterocycles. The Bertz CT molecular complexity index is 1200. The van der Waals surface area contributed by atoms with Crippen molar-refractivity contribution < 1.29 is 15.1 Å². The van der Waals surface area contributed by atoms with Crippen LogP contribution in [0.2, 0.25) is 0 Å². The first kappa shape index (κ1) is 23.9. The Kier molecular flexibility index (Phi) is 7.79. The number of aliphatic hydroxyl groups excluding tert-OH is 1. The molecule has 1 amide bonds. The van der Waals surface area contributed by atoms with Gasteiger partial charge in [0.1, 0.15) is 0 Å². The van der Waals surface area contributed by atoms with E-state index in [2.05, 4.69) is 10.5 Å². The minimum atomic E-state index is -0.331. The van der Waals surface area contributed by atoms with Crippen LogP contribution in [0.1, 0.15) is 51.9 Å². The molecule has 1 aromatic heterocycles. The lowest BCUT2D eigenvalue weighted by Gasteiger charge is -2.21. The van der Waals surface area contributed by atoms with Gasteiger partial charge in [-0.15, -0.1) is 0 Å². The van der Waals surface area contributed by atoms with Crippen molar-refractivity contribution in [2.45, 2.75) is 32.2 Å². The largest absolute Gasteiger partial charge is 0.411 e. The molecule has 0 aliphatic carbocycles. The first-order valence-corrected chi connectivity index (χ1v) is 10.8. The molecule has 0 saturated heterocycles. The molecule has 172 valence electrons. The summed E-state index contributed by atoms with van der Waals surface area (Å²) < 4.78 is 1.45. The summed E-state index contributed by atoms with van der Waals surface area (Å²) in [6.45, 7) is 3.63. The number of nitrogens with one attached hydrogen (secondary N) is 1. The van der Waals surface area contributed by atoms with E-state index < -0.39 is 0 Å². The highest BCUT2D eigenvalue weighted by molar-refractivity contribution is 6.00. The van der Waals surface area contributed by atoms with Crippen molar-refractivity contribution in [2.75, 3.05) is 6.61 Å². The summed E-state index contributed by atoms with van der Waals surface area (Å²) in [5.74, 6) is -0.388. The van der Waals surface area contributed by atoms with Crippen LogP contribution in [0.3, 0.4) is 0 Å². The standard InChI is InChI=1S/C26H29N3O4/c1-17-6-4-5-7-22(17)23(14-24(28-33)21-12-13-25(31)29(3)15-21)19-8-10-20(11-9-19)26(32)27-18(2)16-30/h4-13,15,18,23,30,33H,14,16H2,1-3H3,(H,27,32)/b28-24-/t18-,23?/m0/s1. The van der Waals surface area contributed by atoms with Gasteiger partial charge < -0.3 is 20.2 Å². The van der Waals surface area contributed by atoms with E-state index in [4.69, 9.17) is 5.11 Å². The van der Waals surface area contributed by atoms with Crippen LogP contribution in [-0.2, 0) is 7.05 Å². The van der Waals surface area contributed by atoms with Crippen molar-refractivity contribution in [1.82, 2.24) is 9.88 Å². The van der Waals surface area contributed by atoms with E-state index in [0.29, 0.717) is 23.3 Å². The molecule has 0 aliphatic rings. The van der Waals surface area contributed by atoms with Gasteiger partial charge in [-0.1, -0.05) is 41.6 Å². The second kappa shape index (κ2) is 10.7. The van der Waals surface area contributed by atoms with Crippen LogP contribution in [-0.4, -0.2) is 39.1 Å². The Balaban J connectivity index is 1.97. The Hall–Kier alpha value is -3.71. The van der Waals surface area contributed by atoms with Crippen molar-refractivity contribution in [2.24, 2.45) is 12.2 Å². The SMILES string of the molecule is Cc1ccccc1C(C/C(=N/O)c1ccc(=O)n(C)c1)c1ccc(C(=O)N[C@@H](C)CO)cc1. The zero-order valence-electron chi connectivity index (χ0n) is 19.0. The third-order valence-corrected chi connectivity index (χ3v) is 5.73. The number of aryl methyl sites for hydroxylation is 2. The Morgan fingerprint density at radius 1 is 1.06 bits per heavy atom. The number of aromatic nitrogens is 1. The zero-order valence-corrected chi connectivity index (χ0v) is 19.0. The van der Waals surface area contributed by atoms with Gasteiger partial charge in [-0.2, -0.15) is 0 Å². The van der Waals surface area contributed by atoms with E-state index in [1.54, 1.807) is 38.4 Å². The summed E-state index contributed by atoms with van der Waals surface area (Å²) in [5, 5.41) is 25.3. The highest BCUT2D eigenvalue weighted by Gasteiger charge is 2.21. The van der Waals surface area contributed by atoms with Crippen LogP contribution in [0.25, 0.3) is 0 Å². The number of amides is 1. The highest BCUT2D eigenvalue weighted by atomic mass is 16.4. The van der Waals surface area contributed by atoms with Gasteiger partial charge in [-0.05, 0) is 48.7 Å². The fourth-order valence-corrected chi connectivity index (χ4v) is 3.78. The molecule has 0 fully saturated rings. The number of nitrogens with zero attached hydrogens (tertiary/aromatic N) is 2. The van der Waals surface area contributed by atoms with Gasteiger partial charge in [0.05, 0.1) is 12.3 Å². The Labute approximate surface area is 193 Å². The maximum absolute atomic E-state index is 12.4. The van der Waals surface area contributed by atoms with Crippen LogP contribution in [0.4, 0.5) is 0 Å². The molecule has 7 nitrogen and oxygen atoms in total. The fourth-order valence-electron chi connectivity index (χ4n) is 3.78. The summed E-state index contributed by atoms with van der Waals surface area (Å²) >= 11 is 0. The van der Waals surface area contributed by atoms with Crippen LogP contribution in [0, 0.1) is 6.92 Å². The second-order valence-corrected chi connectivity index (χ2v) is 8.21. The summed E-state index contributed by atoms with van der Waals surface area (Å²) in [5.41, 5.74) is 4.60. The second-order valence-electron chi connectivity index (χ2n) is 8.21. The van der Waals surface area contributed by atoms with Crippen molar-refractivity contribution in [3.63, 3.8) is 0 Å². The van der Waals surface area contributed by atoms with E-state index >= 15 is 0 Å². The number of hydrogen-bond donors (Lipinski definition) is 3. The van der Waals surface area contributed by atoms with E-state index in [1.165, 1.54) is 10.6 Å². The maximum atomic E-state index is 12.4. The minimum Gasteiger partial charge on any atom is -0.411 e. The van der Waals surface area contributed by atoms with Gasteiger partial charge in [0.2, 0.25) is 5.56 Å². The topological polar surface area (TPSA) is 104 Å². The van der Waals surface area contributed by atoms with Crippen molar-refractivity contribution in [3.8, 4) is 0 Å². The fraction of sp³-hybridized carbons (Fsp3) is 0.269. The molecule has 3 aromatic rings. The summed E-state index contributed by atoms with van der Waals surface area (Å²) in [6.07, 6.45) is 2.05. The molecule has 3 N–H and O–H groups in total. The average Bonchev–Trinajstić information content (AvgIpc) is 2.82. The quantitative estimate of drug-likeness (QED) is 0.280. The lowest BCUT2D eigenvalue weighted by molar-refractivity contribution is 0.0922. The van der Waals surface area contributed by atoms with Crippen LogP contribution >= 0.6 is 0 Å². The first-order chi connectivity index (χ1) is 15.8. The van der Waals surface area contributed by atoms with Crippen LogP contribution in [0.15, 0.2) is 76.8 Å². The molecule has 2 atom stereocenters. The van der Waals surface area contributed by atoms with Gasteiger partial charge in [0.15, 0.2) is 0 Å². The minimum absolute atomic E-state index is 0.131. The number of rotatable bonds is 8. The van der Waals surface area contributed by atoms with Crippen LogP contribution < -0.4 is 10.9 Å². The average molecular weight is 448 g/mol. The molecule has 3 rings (SSSR count). The predicted octanol–water partition coefficient (Wildman–Crippen LogP) is 3.20. The third-order valence-electron chi connectivity index (χ3n) is 5.73. The molecular formula is C26H29N3O4. The normalized spacial score (nSPS) is 13.4. The smallest absolute Gasteiger partial charge is 0.251 e. The van der Waals surface area contributed by atoms with Crippen molar-refractivity contribution in [1.29, 1.82) is 0 Å². The predicted molar refractivity (Wildman–Crippen MR) is 128 cm³/mol. The van der Waals surface area contributed by atoms with Crippen molar-refractivity contribution >= 4 is 11.6 Å². The number of aliphatic hydroxyl groups is 1. The number of oxime groups is 1. The summed E-state index contributed by atoms with van der Waals surface area (Å²) in [6, 6.07) is 18.1. The number of benzene rings is 2. The maximum Gasteiger partial charge on any atom is 0.251 e. The summed E-state index contributed by atoms with van der Waals surface area (Å²) in [7, 11) is 1.65. The molecular weight excluding hydrogens is 418 g/mol. The number of carbonyl (C=O) groups excluding carboxylic acids is 1. The van der Waals surface area contributed by atoms with E-state index in [0.717, 1.165) is 16.7 Å². The van der Waals surface area contributed by atoms with Gasteiger partial charge in [-0.25, -0.2) is 0 Å². The van der Waals surface area contributed by atoms with Crippen molar-refractivity contribution in [3.05, 3.63) is 105 Å². The summed E-state index contributed by atoms with van der Waals surface area (Å²) in [4.78, 5) is 24.2. The lowest BCUT2D eigenvalue weighted by atomic mass is 9.83. The van der Waals surface area contributed by atoms with E-state index in [1.807, 2.05) is 43.3 Å². The number of pyridine rings is 1. The number of carbonyl (C=O) groups is 1. The third kappa shape index (κ3) is 5.75. The Morgan fingerprint density at radius 3 is 2.33 bits per heavy atom. The molecule has 0 spiro atoms. The molecule has 0 saturated carbocycles. The molecule has 1 unspecified atom stereocenters. The monoisotopic (exact) mass is 447 g/mol. The highest BCUT2D eigenvalue weighted by Crippen LogP contribution is 2.32. The van der Waals surface area contributed by atoms with Gasteiger partial charge in [0.25, 0.3) is 5.91 Å². The Morgan fingerprint density at radius 2 is 1.73 bits per heavy atom. The molecule has 1 heterocycles. The molecule has 7 heteroatoms. The lowest BCUT2D eigenvalue weighted by Crippen LogP contribution is -2.34. The molecule has 0 bridgehead atoms. The zero-order chi connectivity index (χ0) is 24.0. The first-order valence-electron chi connectivity index (χ1n) is 10.8. The van der Waals surface area contributed by atoms with Crippen LogP contribution in [0.5, 0.6) is 0 Å².